The van der Waals surface area contributed by atoms with Gasteiger partial charge in [0.15, 0.2) is 23.0 Å². The average Bonchev–Trinajstić information content (AvgIpc) is 3.39. The predicted molar refractivity (Wildman–Crippen MR) is 289 cm³/mol. The monoisotopic (exact) mass is 1050 g/mol. The molecule has 3 aromatic rings. The molecule has 0 saturated carbocycles. The van der Waals surface area contributed by atoms with Crippen molar-refractivity contribution >= 4 is 34.9 Å². The summed E-state index contributed by atoms with van der Waals surface area (Å²) in [6.45, 7) is 18.8. The van der Waals surface area contributed by atoms with Gasteiger partial charge in [-0.15, -0.1) is 0 Å². The lowest BCUT2D eigenvalue weighted by molar-refractivity contribution is 0.0321. The SMILES string of the molecule is CCCCCCOCCOCCOc1ccc(Nc2nc(Cl)nc(Nc3ccc(OCCOCCOCCCCCC)c(OCCOCCOCCCCCC)c3)n2)cc1OCCOCCOCCCCCC. The minimum atomic E-state index is -0.0131. The normalized spacial score (nSPS) is 11.3. The number of rotatable bonds is 52. The highest BCUT2D eigenvalue weighted by molar-refractivity contribution is 6.28. The van der Waals surface area contributed by atoms with Crippen LogP contribution in [0.4, 0.5) is 23.3 Å². The number of ether oxygens (including phenoxy) is 12. The molecule has 0 aliphatic carbocycles. The molecule has 0 spiro atoms. The molecule has 1 aromatic heterocycles. The fourth-order valence-corrected chi connectivity index (χ4v) is 7.17. The quantitative estimate of drug-likeness (QED) is 0.0511. The number of aromatic nitrogens is 3. The van der Waals surface area contributed by atoms with Crippen LogP contribution in [0.5, 0.6) is 23.0 Å². The van der Waals surface area contributed by atoms with Crippen molar-refractivity contribution in [3.8, 4) is 23.0 Å². The van der Waals surface area contributed by atoms with Crippen LogP contribution in [-0.2, 0) is 37.9 Å². The van der Waals surface area contributed by atoms with Crippen molar-refractivity contribution in [1.82, 2.24) is 15.0 Å². The molecule has 0 amide bonds. The second-order valence-corrected chi connectivity index (χ2v) is 17.7. The predicted octanol–water partition coefficient (Wildman–Crippen LogP) is 12.0. The molecule has 0 aliphatic heterocycles. The smallest absolute Gasteiger partial charge is 0.233 e. The van der Waals surface area contributed by atoms with Gasteiger partial charge in [-0.3, -0.25) is 0 Å². The second-order valence-electron chi connectivity index (χ2n) is 17.4. The molecule has 2 aromatic carbocycles. The largest absolute Gasteiger partial charge is 0.487 e. The Balaban J connectivity index is 1.61. The molecule has 0 radical (unpaired) electrons. The summed E-state index contributed by atoms with van der Waals surface area (Å²) in [7, 11) is 0. The van der Waals surface area contributed by atoms with Crippen molar-refractivity contribution in [1.29, 1.82) is 0 Å². The summed E-state index contributed by atoms with van der Waals surface area (Å²) in [4.78, 5) is 13.3. The zero-order chi connectivity index (χ0) is 51.9. The lowest BCUT2D eigenvalue weighted by atomic mass is 10.2. The van der Waals surface area contributed by atoms with E-state index in [-0.39, 0.29) is 17.2 Å². The third-order valence-electron chi connectivity index (χ3n) is 11.0. The number of hydrogen-bond donors (Lipinski definition) is 2. The van der Waals surface area contributed by atoms with Crippen molar-refractivity contribution < 1.29 is 56.8 Å². The third-order valence-corrected chi connectivity index (χ3v) is 11.2. The highest BCUT2D eigenvalue weighted by Crippen LogP contribution is 2.33. The molecule has 1 heterocycles. The van der Waals surface area contributed by atoms with Gasteiger partial charge in [0.2, 0.25) is 17.2 Å². The Morgan fingerprint density at radius 1 is 0.315 bits per heavy atom. The first kappa shape index (κ1) is 63.5. The molecular weight excluding hydrogens is 958 g/mol. The van der Waals surface area contributed by atoms with Gasteiger partial charge in [0, 0.05) is 49.9 Å². The molecule has 18 heteroatoms. The van der Waals surface area contributed by atoms with Crippen molar-refractivity contribution in [2.45, 2.75) is 130 Å². The maximum Gasteiger partial charge on any atom is 0.233 e. The van der Waals surface area contributed by atoms with Crippen LogP contribution in [0, 0.1) is 0 Å². The molecule has 0 bridgehead atoms. The number of anilines is 4. The van der Waals surface area contributed by atoms with Gasteiger partial charge in [-0.25, -0.2) is 0 Å². The van der Waals surface area contributed by atoms with Gasteiger partial charge >= 0.3 is 0 Å². The van der Waals surface area contributed by atoms with Crippen LogP contribution in [0.3, 0.4) is 0 Å². The summed E-state index contributed by atoms with van der Waals surface area (Å²) in [5.41, 5.74) is 1.27. The minimum Gasteiger partial charge on any atom is -0.487 e. The van der Waals surface area contributed by atoms with Crippen LogP contribution in [0.2, 0.25) is 5.28 Å². The standard InChI is InChI=1S/C55H92ClN5O12/c1-5-9-13-17-25-62-29-33-66-37-41-70-49-23-21-47(45-51(49)72-43-39-68-35-31-64-27-19-15-11-7-3)57-54-59-53(56)60-55(61-54)58-48-22-24-50(71-42-38-67-34-30-63-26-18-14-10-6-2)52(46-48)73-44-40-69-36-32-65-28-20-16-12-8-4/h21-24,45-46H,5-20,25-44H2,1-4H3,(H2,57,58,59,60,61). The van der Waals surface area contributed by atoms with Gasteiger partial charge in [0.1, 0.15) is 26.4 Å². The lowest BCUT2D eigenvalue weighted by Crippen LogP contribution is -2.13. The van der Waals surface area contributed by atoms with Crippen LogP contribution in [0.25, 0.3) is 0 Å². The van der Waals surface area contributed by atoms with Crippen molar-refractivity contribution in [3.05, 3.63) is 41.7 Å². The summed E-state index contributed by atoms with van der Waals surface area (Å²) < 4.78 is 70.5. The molecule has 17 nitrogen and oxygen atoms in total. The fraction of sp³-hybridized carbons (Fsp3) is 0.727. The Kier molecular flexibility index (Phi) is 39.7. The van der Waals surface area contributed by atoms with Gasteiger partial charge in [-0.05, 0) is 61.5 Å². The van der Waals surface area contributed by atoms with Crippen LogP contribution in [0.15, 0.2) is 36.4 Å². The Morgan fingerprint density at radius 2 is 0.589 bits per heavy atom. The van der Waals surface area contributed by atoms with E-state index in [2.05, 4.69) is 53.3 Å². The number of nitrogens with zero attached hydrogens (tertiary/aromatic N) is 3. The van der Waals surface area contributed by atoms with Crippen molar-refractivity contribution in [2.75, 3.05) is 143 Å². The van der Waals surface area contributed by atoms with Gasteiger partial charge in [-0.2, -0.15) is 15.0 Å². The summed E-state index contributed by atoms with van der Waals surface area (Å²) >= 11 is 6.47. The van der Waals surface area contributed by atoms with Crippen molar-refractivity contribution in [3.63, 3.8) is 0 Å². The zero-order valence-electron chi connectivity index (χ0n) is 45.0. The first-order chi connectivity index (χ1) is 36.1. The van der Waals surface area contributed by atoms with E-state index in [0.29, 0.717) is 140 Å². The average molecular weight is 1050 g/mol. The number of hydrogen-bond acceptors (Lipinski definition) is 17. The maximum absolute atomic E-state index is 6.47. The topological polar surface area (TPSA) is 173 Å². The Morgan fingerprint density at radius 3 is 0.890 bits per heavy atom. The lowest BCUT2D eigenvalue weighted by Gasteiger charge is -2.16. The van der Waals surface area contributed by atoms with Gasteiger partial charge in [0.05, 0.1) is 79.3 Å². The summed E-state index contributed by atoms with van der Waals surface area (Å²) in [5.74, 6) is 2.54. The molecule has 0 aliphatic rings. The van der Waals surface area contributed by atoms with Crippen LogP contribution in [-0.4, -0.2) is 147 Å². The molecular formula is C55H92ClN5O12. The summed E-state index contributed by atoms with van der Waals surface area (Å²) in [6, 6.07) is 11.0. The van der Waals surface area contributed by atoms with E-state index in [1.54, 1.807) is 0 Å². The molecule has 3 rings (SSSR count). The van der Waals surface area contributed by atoms with E-state index in [1.165, 1.54) is 77.0 Å². The highest BCUT2D eigenvalue weighted by Gasteiger charge is 2.13. The van der Waals surface area contributed by atoms with Crippen LogP contribution in [0.1, 0.15) is 130 Å². The number of unbranched alkanes of at least 4 members (excludes halogenated alkanes) is 12. The highest BCUT2D eigenvalue weighted by atomic mass is 35.5. The molecule has 0 fully saturated rings. The Hall–Kier alpha value is -3.78. The van der Waals surface area contributed by atoms with E-state index in [9.17, 15) is 0 Å². The molecule has 0 unspecified atom stereocenters. The Labute approximate surface area is 443 Å². The summed E-state index contributed by atoms with van der Waals surface area (Å²) in [5, 5.41) is 6.46. The van der Waals surface area contributed by atoms with Crippen LogP contribution < -0.4 is 29.6 Å². The van der Waals surface area contributed by atoms with E-state index in [1.807, 2.05) is 36.4 Å². The molecule has 0 atom stereocenters. The first-order valence-corrected chi connectivity index (χ1v) is 27.8. The maximum atomic E-state index is 6.47. The number of benzene rings is 2. The van der Waals surface area contributed by atoms with E-state index >= 15 is 0 Å². The van der Waals surface area contributed by atoms with Crippen LogP contribution >= 0.6 is 11.6 Å². The zero-order valence-corrected chi connectivity index (χ0v) is 45.8. The molecule has 73 heavy (non-hydrogen) atoms. The minimum absolute atomic E-state index is 0.0131. The van der Waals surface area contributed by atoms with E-state index in [4.69, 9.17) is 68.4 Å². The van der Waals surface area contributed by atoms with Crippen molar-refractivity contribution in [2.24, 2.45) is 0 Å². The fourth-order valence-electron chi connectivity index (χ4n) is 7.01. The summed E-state index contributed by atoms with van der Waals surface area (Å²) in [6.07, 6.45) is 18.8. The first-order valence-electron chi connectivity index (χ1n) is 27.4. The third kappa shape index (κ3) is 33.7. The van der Waals surface area contributed by atoms with Gasteiger partial charge < -0.3 is 67.5 Å². The van der Waals surface area contributed by atoms with E-state index < -0.39 is 0 Å². The molecule has 416 valence electrons. The number of nitrogens with one attached hydrogen (secondary N) is 2. The van der Waals surface area contributed by atoms with E-state index in [0.717, 1.165) is 52.1 Å². The molecule has 2 N–H and O–H groups in total. The van der Waals surface area contributed by atoms with Gasteiger partial charge in [-0.1, -0.05) is 105 Å². The second kappa shape index (κ2) is 45.6. The molecule has 0 saturated heterocycles. The van der Waals surface area contributed by atoms with Gasteiger partial charge in [0.25, 0.3) is 0 Å². The number of halogens is 1. The Bertz CT molecular complexity index is 1630.